The third-order valence-electron chi connectivity index (χ3n) is 2.65. The zero-order valence-electron chi connectivity index (χ0n) is 10.2. The Hall–Kier alpha value is -1.65. The van der Waals surface area contributed by atoms with E-state index in [1.54, 1.807) is 24.4 Å². The van der Waals surface area contributed by atoms with Crippen molar-refractivity contribution in [2.45, 2.75) is 12.3 Å². The molecule has 0 radical (unpaired) electrons. The number of nitrogens with zero attached hydrogens (tertiary/aromatic N) is 1. The summed E-state index contributed by atoms with van der Waals surface area (Å²) in [5, 5.41) is 5.89. The van der Waals surface area contributed by atoms with Crippen LogP contribution in [-0.2, 0) is 4.79 Å². The molecule has 1 amide bonds. The number of benzene rings is 1. The topological polar surface area (TPSA) is 42.0 Å². The normalized spacial score (nSPS) is 11.8. The Labute approximate surface area is 120 Å². The van der Waals surface area contributed by atoms with E-state index in [0.29, 0.717) is 16.6 Å². The number of carbonyl (C=O) groups is 1. The number of thiazole rings is 1. The molecule has 1 heterocycles. The number of nitrogens with one attached hydrogen (secondary N) is 1. The van der Waals surface area contributed by atoms with Gasteiger partial charge in [-0.15, -0.1) is 17.9 Å². The standard InChI is InChI=1S/C14H13ClN2OS/c1-2-3-12(10-4-6-11(15)7-5-10)13(18)17-14-16-8-9-19-14/h2,4-9,12H,1,3H2,(H,16,17,18)/t12-/m0/s1. The van der Waals surface area contributed by atoms with Gasteiger partial charge in [0, 0.05) is 16.6 Å². The first kappa shape index (κ1) is 13.8. The van der Waals surface area contributed by atoms with E-state index < -0.39 is 0 Å². The molecule has 3 nitrogen and oxygen atoms in total. The van der Waals surface area contributed by atoms with Crippen molar-refractivity contribution in [1.29, 1.82) is 0 Å². The summed E-state index contributed by atoms with van der Waals surface area (Å²) in [5.41, 5.74) is 0.915. The van der Waals surface area contributed by atoms with Crippen LogP contribution in [0.5, 0.6) is 0 Å². The lowest BCUT2D eigenvalue weighted by atomic mass is 9.95. The van der Waals surface area contributed by atoms with Crippen LogP contribution in [0.1, 0.15) is 17.9 Å². The summed E-state index contributed by atoms with van der Waals surface area (Å²) >= 11 is 7.25. The highest BCUT2D eigenvalue weighted by molar-refractivity contribution is 7.13. The van der Waals surface area contributed by atoms with Gasteiger partial charge in [-0.2, -0.15) is 0 Å². The number of hydrogen-bond donors (Lipinski definition) is 1. The first-order valence-electron chi connectivity index (χ1n) is 5.77. The molecule has 0 aliphatic rings. The van der Waals surface area contributed by atoms with Crippen LogP contribution >= 0.6 is 22.9 Å². The zero-order valence-corrected chi connectivity index (χ0v) is 11.7. The Morgan fingerprint density at radius 1 is 1.47 bits per heavy atom. The Balaban J connectivity index is 2.17. The SMILES string of the molecule is C=CC[C@H](C(=O)Nc1nccs1)c1ccc(Cl)cc1. The van der Waals surface area contributed by atoms with Gasteiger partial charge in [0.05, 0.1) is 5.92 Å². The van der Waals surface area contributed by atoms with E-state index in [2.05, 4.69) is 16.9 Å². The fourth-order valence-electron chi connectivity index (χ4n) is 1.73. The maximum Gasteiger partial charge on any atom is 0.234 e. The van der Waals surface area contributed by atoms with E-state index in [-0.39, 0.29) is 11.8 Å². The Bertz CT molecular complexity index is 551. The molecule has 0 saturated heterocycles. The molecular weight excluding hydrogens is 280 g/mol. The van der Waals surface area contributed by atoms with Gasteiger partial charge in [0.25, 0.3) is 0 Å². The number of rotatable bonds is 5. The largest absolute Gasteiger partial charge is 0.301 e. The van der Waals surface area contributed by atoms with Crippen LogP contribution in [0.2, 0.25) is 5.02 Å². The number of anilines is 1. The Morgan fingerprint density at radius 2 is 2.21 bits per heavy atom. The van der Waals surface area contributed by atoms with Crippen LogP contribution in [0.15, 0.2) is 48.5 Å². The molecule has 98 valence electrons. The molecule has 19 heavy (non-hydrogen) atoms. The van der Waals surface area contributed by atoms with Crippen molar-refractivity contribution >= 4 is 34.0 Å². The molecule has 0 spiro atoms. The number of carbonyl (C=O) groups excluding carboxylic acids is 1. The van der Waals surface area contributed by atoms with Gasteiger partial charge < -0.3 is 5.32 Å². The molecule has 1 aromatic carbocycles. The predicted molar refractivity (Wildman–Crippen MR) is 79.8 cm³/mol. The average molecular weight is 293 g/mol. The van der Waals surface area contributed by atoms with Crippen molar-refractivity contribution in [1.82, 2.24) is 4.98 Å². The van der Waals surface area contributed by atoms with Crippen molar-refractivity contribution in [2.75, 3.05) is 5.32 Å². The minimum Gasteiger partial charge on any atom is -0.301 e. The van der Waals surface area contributed by atoms with Crippen LogP contribution in [-0.4, -0.2) is 10.9 Å². The Kier molecular flexibility index (Phi) is 4.71. The summed E-state index contributed by atoms with van der Waals surface area (Å²) in [7, 11) is 0. The minimum absolute atomic E-state index is 0.0860. The monoisotopic (exact) mass is 292 g/mol. The lowest BCUT2D eigenvalue weighted by Gasteiger charge is -2.14. The van der Waals surface area contributed by atoms with Crippen LogP contribution < -0.4 is 5.32 Å². The maximum absolute atomic E-state index is 12.3. The number of amides is 1. The second-order valence-electron chi connectivity index (χ2n) is 3.96. The smallest absolute Gasteiger partial charge is 0.234 e. The van der Waals surface area contributed by atoms with Crippen LogP contribution in [0.4, 0.5) is 5.13 Å². The zero-order chi connectivity index (χ0) is 13.7. The van der Waals surface area contributed by atoms with E-state index >= 15 is 0 Å². The lowest BCUT2D eigenvalue weighted by molar-refractivity contribution is -0.117. The predicted octanol–water partition coefficient (Wildman–Crippen LogP) is 4.09. The van der Waals surface area contributed by atoms with E-state index in [9.17, 15) is 4.79 Å². The minimum atomic E-state index is -0.279. The average Bonchev–Trinajstić information content (AvgIpc) is 2.90. The molecule has 0 unspecified atom stereocenters. The summed E-state index contributed by atoms with van der Waals surface area (Å²) in [5.74, 6) is -0.365. The molecule has 5 heteroatoms. The van der Waals surface area contributed by atoms with Gasteiger partial charge in [-0.1, -0.05) is 29.8 Å². The number of aromatic nitrogens is 1. The van der Waals surface area contributed by atoms with Gasteiger partial charge in [0.15, 0.2) is 5.13 Å². The fourth-order valence-corrected chi connectivity index (χ4v) is 2.39. The molecule has 1 atom stereocenters. The Morgan fingerprint density at radius 3 is 2.79 bits per heavy atom. The van der Waals surface area contributed by atoms with Crippen molar-refractivity contribution in [3.63, 3.8) is 0 Å². The molecule has 1 aromatic heterocycles. The molecule has 0 saturated carbocycles. The van der Waals surface area contributed by atoms with Gasteiger partial charge in [0.1, 0.15) is 0 Å². The second-order valence-corrected chi connectivity index (χ2v) is 5.29. The van der Waals surface area contributed by atoms with Crippen molar-refractivity contribution < 1.29 is 4.79 Å². The summed E-state index contributed by atoms with van der Waals surface area (Å²) in [4.78, 5) is 16.3. The van der Waals surface area contributed by atoms with E-state index in [1.165, 1.54) is 11.3 Å². The molecule has 2 rings (SSSR count). The molecule has 0 aliphatic carbocycles. The van der Waals surface area contributed by atoms with E-state index in [1.807, 2.05) is 17.5 Å². The van der Waals surface area contributed by atoms with E-state index in [0.717, 1.165) is 5.56 Å². The van der Waals surface area contributed by atoms with Gasteiger partial charge in [-0.25, -0.2) is 4.98 Å². The number of allylic oxidation sites excluding steroid dienone is 1. The summed E-state index contributed by atoms with van der Waals surface area (Å²) in [6.45, 7) is 3.70. The molecule has 1 N–H and O–H groups in total. The third kappa shape index (κ3) is 3.66. The lowest BCUT2D eigenvalue weighted by Crippen LogP contribution is -2.20. The van der Waals surface area contributed by atoms with Gasteiger partial charge in [-0.05, 0) is 24.1 Å². The molecule has 0 fully saturated rings. The first-order chi connectivity index (χ1) is 9.20. The summed E-state index contributed by atoms with van der Waals surface area (Å²) in [6.07, 6.45) is 3.96. The van der Waals surface area contributed by atoms with Gasteiger partial charge in [-0.3, -0.25) is 4.79 Å². The second kappa shape index (κ2) is 6.50. The fraction of sp³-hybridized carbons (Fsp3) is 0.143. The van der Waals surface area contributed by atoms with E-state index in [4.69, 9.17) is 11.6 Å². The van der Waals surface area contributed by atoms with Crippen LogP contribution in [0, 0.1) is 0 Å². The summed E-state index contributed by atoms with van der Waals surface area (Å²) < 4.78 is 0. The van der Waals surface area contributed by atoms with Crippen molar-refractivity contribution in [3.8, 4) is 0 Å². The van der Waals surface area contributed by atoms with Gasteiger partial charge >= 0.3 is 0 Å². The highest BCUT2D eigenvalue weighted by Gasteiger charge is 2.20. The third-order valence-corrected chi connectivity index (χ3v) is 3.59. The summed E-state index contributed by atoms with van der Waals surface area (Å²) in [6, 6.07) is 7.28. The highest BCUT2D eigenvalue weighted by atomic mass is 35.5. The highest BCUT2D eigenvalue weighted by Crippen LogP contribution is 2.24. The number of halogens is 1. The maximum atomic E-state index is 12.3. The van der Waals surface area contributed by atoms with Gasteiger partial charge in [0.2, 0.25) is 5.91 Å². The van der Waals surface area contributed by atoms with Crippen LogP contribution in [0.3, 0.4) is 0 Å². The molecule has 0 bridgehead atoms. The molecular formula is C14H13ClN2OS. The molecule has 2 aromatic rings. The molecule has 0 aliphatic heterocycles. The van der Waals surface area contributed by atoms with Crippen molar-refractivity contribution in [2.24, 2.45) is 0 Å². The quantitative estimate of drug-likeness (QED) is 0.843. The first-order valence-corrected chi connectivity index (χ1v) is 7.03. The number of hydrogen-bond acceptors (Lipinski definition) is 3. The van der Waals surface area contributed by atoms with Crippen LogP contribution in [0.25, 0.3) is 0 Å². The van der Waals surface area contributed by atoms with Crippen molar-refractivity contribution in [3.05, 3.63) is 59.1 Å².